The quantitative estimate of drug-likeness (QED) is 0.328. The summed E-state index contributed by atoms with van der Waals surface area (Å²) < 4.78 is 5.62. The van der Waals surface area contributed by atoms with Gasteiger partial charge in [0, 0.05) is 5.69 Å². The van der Waals surface area contributed by atoms with Crippen LogP contribution >= 0.6 is 22.6 Å². The van der Waals surface area contributed by atoms with E-state index in [0.717, 1.165) is 10.5 Å². The number of rotatable bonds is 5. The molecule has 3 N–H and O–H groups in total. The van der Waals surface area contributed by atoms with Crippen LogP contribution in [0.5, 0.6) is 11.5 Å². The van der Waals surface area contributed by atoms with Crippen molar-refractivity contribution in [3.63, 3.8) is 0 Å². The topological polar surface area (TPSA) is 108 Å². The number of aromatic hydroxyl groups is 1. The SMILES string of the molecule is COc1cc(/C=C2/NC(=O)N(CC(=O)Nc3ccc(C)cc3)C2=O)cc(I)c1O. The second kappa shape index (κ2) is 8.52. The zero-order valence-corrected chi connectivity index (χ0v) is 17.8. The predicted molar refractivity (Wildman–Crippen MR) is 115 cm³/mol. The highest BCUT2D eigenvalue weighted by atomic mass is 127. The summed E-state index contributed by atoms with van der Waals surface area (Å²) in [4.78, 5) is 37.8. The van der Waals surface area contributed by atoms with Crippen LogP contribution in [0, 0.1) is 10.5 Å². The van der Waals surface area contributed by atoms with Crippen LogP contribution in [-0.2, 0) is 9.59 Å². The van der Waals surface area contributed by atoms with E-state index in [1.807, 2.05) is 41.6 Å². The van der Waals surface area contributed by atoms with E-state index in [-0.39, 0.29) is 17.2 Å². The molecular weight excluding hydrogens is 489 g/mol. The number of halogens is 1. The minimum absolute atomic E-state index is 0.00793. The van der Waals surface area contributed by atoms with E-state index in [0.29, 0.717) is 14.8 Å². The summed E-state index contributed by atoms with van der Waals surface area (Å²) in [6.45, 7) is 1.52. The van der Waals surface area contributed by atoms with Gasteiger partial charge in [-0.25, -0.2) is 9.69 Å². The number of anilines is 1. The molecule has 1 heterocycles. The summed E-state index contributed by atoms with van der Waals surface area (Å²) >= 11 is 1.93. The van der Waals surface area contributed by atoms with Gasteiger partial charge >= 0.3 is 6.03 Å². The van der Waals surface area contributed by atoms with Crippen molar-refractivity contribution in [1.29, 1.82) is 0 Å². The largest absolute Gasteiger partial charge is 0.504 e. The van der Waals surface area contributed by atoms with Crippen LogP contribution < -0.4 is 15.4 Å². The van der Waals surface area contributed by atoms with E-state index >= 15 is 0 Å². The summed E-state index contributed by atoms with van der Waals surface area (Å²) in [5.41, 5.74) is 2.21. The monoisotopic (exact) mass is 507 g/mol. The third kappa shape index (κ3) is 4.67. The van der Waals surface area contributed by atoms with Gasteiger partial charge in [0.2, 0.25) is 5.91 Å². The third-order valence-electron chi connectivity index (χ3n) is 4.18. The van der Waals surface area contributed by atoms with E-state index in [1.165, 1.54) is 19.3 Å². The molecule has 9 heteroatoms. The number of aryl methyl sites for hydroxylation is 1. The van der Waals surface area contributed by atoms with Gasteiger partial charge in [-0.3, -0.25) is 9.59 Å². The summed E-state index contributed by atoms with van der Waals surface area (Å²) in [6.07, 6.45) is 1.46. The van der Waals surface area contributed by atoms with Crippen LogP contribution in [0.2, 0.25) is 0 Å². The number of hydrogen-bond acceptors (Lipinski definition) is 5. The first-order chi connectivity index (χ1) is 13.8. The van der Waals surface area contributed by atoms with Crippen molar-refractivity contribution in [2.75, 3.05) is 19.0 Å². The summed E-state index contributed by atoms with van der Waals surface area (Å²) in [6, 6.07) is 9.67. The second-order valence-corrected chi connectivity index (χ2v) is 7.51. The van der Waals surface area contributed by atoms with Gasteiger partial charge < -0.3 is 20.5 Å². The number of hydrogen-bond donors (Lipinski definition) is 3. The van der Waals surface area contributed by atoms with E-state index in [1.54, 1.807) is 18.2 Å². The lowest BCUT2D eigenvalue weighted by Gasteiger charge is -2.12. The van der Waals surface area contributed by atoms with Crippen molar-refractivity contribution in [2.24, 2.45) is 0 Å². The molecule has 29 heavy (non-hydrogen) atoms. The average Bonchev–Trinajstić information content (AvgIpc) is 2.93. The number of nitrogens with zero attached hydrogens (tertiary/aromatic N) is 1. The van der Waals surface area contributed by atoms with Gasteiger partial charge in [0.05, 0.1) is 10.7 Å². The van der Waals surface area contributed by atoms with Gasteiger partial charge in [0.15, 0.2) is 11.5 Å². The molecule has 1 aliphatic heterocycles. The summed E-state index contributed by atoms with van der Waals surface area (Å²) in [5.74, 6) is -0.864. The molecule has 2 aromatic carbocycles. The Morgan fingerprint density at radius 1 is 1.28 bits per heavy atom. The van der Waals surface area contributed by atoms with Crippen molar-refractivity contribution in [1.82, 2.24) is 10.2 Å². The smallest absolute Gasteiger partial charge is 0.329 e. The van der Waals surface area contributed by atoms with Crippen LogP contribution in [0.3, 0.4) is 0 Å². The number of phenolic OH excluding ortho intramolecular Hbond substituents is 1. The van der Waals surface area contributed by atoms with Crippen molar-refractivity contribution >= 4 is 52.2 Å². The maximum atomic E-state index is 12.6. The average molecular weight is 507 g/mol. The van der Waals surface area contributed by atoms with E-state index in [4.69, 9.17) is 4.74 Å². The Kier molecular flexibility index (Phi) is 6.06. The number of urea groups is 1. The first-order valence-electron chi connectivity index (χ1n) is 8.56. The molecule has 2 aromatic rings. The Balaban J connectivity index is 1.74. The van der Waals surface area contributed by atoms with Gasteiger partial charge in [0.1, 0.15) is 12.2 Å². The molecule has 1 aliphatic rings. The molecule has 0 aromatic heterocycles. The Hall–Kier alpha value is -3.08. The molecule has 1 saturated heterocycles. The lowest BCUT2D eigenvalue weighted by atomic mass is 10.1. The molecule has 0 bridgehead atoms. The normalized spacial score (nSPS) is 14.9. The number of ether oxygens (including phenoxy) is 1. The molecule has 0 unspecified atom stereocenters. The zero-order valence-electron chi connectivity index (χ0n) is 15.7. The highest BCUT2D eigenvalue weighted by Crippen LogP contribution is 2.33. The number of carbonyl (C=O) groups is 3. The highest BCUT2D eigenvalue weighted by molar-refractivity contribution is 14.1. The number of amides is 4. The molecule has 1 fully saturated rings. The van der Waals surface area contributed by atoms with E-state index < -0.39 is 24.4 Å². The minimum Gasteiger partial charge on any atom is -0.504 e. The molecule has 150 valence electrons. The van der Waals surface area contributed by atoms with Crippen molar-refractivity contribution in [3.8, 4) is 11.5 Å². The number of nitrogens with one attached hydrogen (secondary N) is 2. The number of carbonyl (C=O) groups excluding carboxylic acids is 3. The van der Waals surface area contributed by atoms with E-state index in [9.17, 15) is 19.5 Å². The van der Waals surface area contributed by atoms with Crippen LogP contribution in [0.4, 0.5) is 10.5 Å². The van der Waals surface area contributed by atoms with Gasteiger partial charge in [-0.2, -0.15) is 0 Å². The Labute approximate surface area is 180 Å². The molecule has 8 nitrogen and oxygen atoms in total. The van der Waals surface area contributed by atoms with Gasteiger partial charge in [-0.1, -0.05) is 17.7 Å². The van der Waals surface area contributed by atoms with Crippen molar-refractivity contribution in [2.45, 2.75) is 6.92 Å². The maximum absolute atomic E-state index is 12.6. The first-order valence-corrected chi connectivity index (χ1v) is 9.64. The molecule has 0 atom stereocenters. The lowest BCUT2D eigenvalue weighted by molar-refractivity contribution is -0.127. The Morgan fingerprint density at radius 2 is 1.97 bits per heavy atom. The van der Waals surface area contributed by atoms with Crippen molar-refractivity contribution in [3.05, 3.63) is 56.8 Å². The van der Waals surface area contributed by atoms with E-state index in [2.05, 4.69) is 10.6 Å². The van der Waals surface area contributed by atoms with Gasteiger partial charge in [-0.15, -0.1) is 0 Å². The molecule has 0 aliphatic carbocycles. The zero-order chi connectivity index (χ0) is 21.1. The maximum Gasteiger partial charge on any atom is 0.329 e. The molecule has 0 radical (unpaired) electrons. The summed E-state index contributed by atoms with van der Waals surface area (Å²) in [7, 11) is 1.42. The van der Waals surface area contributed by atoms with Gasteiger partial charge in [-0.05, 0) is 65.4 Å². The number of imide groups is 1. The fourth-order valence-electron chi connectivity index (χ4n) is 2.70. The predicted octanol–water partition coefficient (Wildman–Crippen LogP) is 2.85. The lowest BCUT2D eigenvalue weighted by Crippen LogP contribution is -2.38. The molecule has 3 rings (SSSR count). The molecule has 4 amide bonds. The number of methoxy groups -OCH3 is 1. The third-order valence-corrected chi connectivity index (χ3v) is 5.00. The molecule has 0 spiro atoms. The Morgan fingerprint density at radius 3 is 2.62 bits per heavy atom. The highest BCUT2D eigenvalue weighted by Gasteiger charge is 2.35. The molecular formula is C20H18IN3O5. The first kappa shape index (κ1) is 20.6. The fraction of sp³-hybridized carbons (Fsp3) is 0.150. The van der Waals surface area contributed by atoms with Crippen LogP contribution in [0.15, 0.2) is 42.1 Å². The number of benzene rings is 2. The Bertz CT molecular complexity index is 1020. The fourth-order valence-corrected chi connectivity index (χ4v) is 3.32. The molecule has 0 saturated carbocycles. The number of phenols is 1. The van der Waals surface area contributed by atoms with Crippen molar-refractivity contribution < 1.29 is 24.2 Å². The second-order valence-electron chi connectivity index (χ2n) is 6.35. The summed E-state index contributed by atoms with van der Waals surface area (Å²) in [5, 5.41) is 15.0. The standard InChI is InChI=1S/C20H18IN3O5/c1-11-3-5-13(6-4-11)22-17(25)10-24-19(27)15(23-20(24)28)8-12-7-14(21)18(26)16(9-12)29-2/h3-9,26H,10H2,1-2H3,(H,22,25)(H,23,28)/b15-8+. The minimum atomic E-state index is -0.680. The van der Waals surface area contributed by atoms with Gasteiger partial charge in [0.25, 0.3) is 5.91 Å². The van der Waals surface area contributed by atoms with Crippen LogP contribution in [0.25, 0.3) is 6.08 Å². The van der Waals surface area contributed by atoms with Crippen LogP contribution in [0.1, 0.15) is 11.1 Å². The van der Waals surface area contributed by atoms with Crippen LogP contribution in [-0.4, -0.2) is 41.5 Å².